The number of nitriles is 1. The van der Waals surface area contributed by atoms with Crippen molar-refractivity contribution in [2.75, 3.05) is 11.4 Å². The Balaban J connectivity index is 1.69. The quantitative estimate of drug-likeness (QED) is 0.930. The van der Waals surface area contributed by atoms with Gasteiger partial charge in [0.15, 0.2) is 0 Å². The third kappa shape index (κ3) is 2.93. The summed E-state index contributed by atoms with van der Waals surface area (Å²) in [5.74, 6) is 1.36. The van der Waals surface area contributed by atoms with Crippen LogP contribution in [-0.4, -0.2) is 23.5 Å². The number of anilines is 1. The van der Waals surface area contributed by atoms with Crippen LogP contribution in [0.5, 0.6) is 0 Å². The van der Waals surface area contributed by atoms with Crippen molar-refractivity contribution in [1.29, 1.82) is 5.26 Å². The molecule has 0 bridgehead atoms. The van der Waals surface area contributed by atoms with Crippen LogP contribution >= 0.6 is 0 Å². The first kappa shape index (κ1) is 14.1. The maximum absolute atomic E-state index is 12.4. The predicted octanol–water partition coefficient (Wildman–Crippen LogP) is 1.83. The van der Waals surface area contributed by atoms with Crippen LogP contribution in [0, 0.1) is 11.3 Å². The highest BCUT2D eigenvalue weighted by Crippen LogP contribution is 2.24. The minimum Gasteiger partial charge on any atom is -0.467 e. The van der Waals surface area contributed by atoms with Crippen molar-refractivity contribution in [3.8, 4) is 6.07 Å². The fraction of sp³-hybridized carbons (Fsp3) is 0.312. The molecule has 0 saturated carbocycles. The van der Waals surface area contributed by atoms with Gasteiger partial charge in [-0.3, -0.25) is 4.79 Å². The molecule has 0 spiro atoms. The molecule has 3 rings (SSSR count). The molecule has 0 aliphatic carbocycles. The van der Waals surface area contributed by atoms with E-state index in [0.29, 0.717) is 18.1 Å². The Morgan fingerprint density at radius 3 is 3.14 bits per heavy atom. The van der Waals surface area contributed by atoms with Crippen molar-refractivity contribution in [2.45, 2.75) is 25.4 Å². The Morgan fingerprint density at radius 2 is 2.36 bits per heavy atom. The van der Waals surface area contributed by atoms with Crippen LogP contribution < -0.4 is 10.2 Å². The van der Waals surface area contributed by atoms with Crippen molar-refractivity contribution in [3.05, 3.63) is 48.0 Å². The van der Waals surface area contributed by atoms with Crippen LogP contribution in [0.3, 0.4) is 0 Å². The molecule has 1 fully saturated rings. The van der Waals surface area contributed by atoms with Crippen LogP contribution in [0.4, 0.5) is 5.82 Å². The molecule has 3 heterocycles. The normalized spacial score (nSPS) is 17.2. The first-order valence-electron chi connectivity index (χ1n) is 7.22. The molecule has 6 nitrogen and oxygen atoms in total. The molecule has 1 amide bonds. The van der Waals surface area contributed by atoms with E-state index < -0.39 is 0 Å². The molecule has 2 aromatic heterocycles. The van der Waals surface area contributed by atoms with Gasteiger partial charge in [0.2, 0.25) is 5.91 Å². The fourth-order valence-electron chi connectivity index (χ4n) is 2.66. The molecule has 1 N–H and O–H groups in total. The monoisotopic (exact) mass is 296 g/mol. The van der Waals surface area contributed by atoms with E-state index in [1.165, 1.54) is 0 Å². The largest absolute Gasteiger partial charge is 0.467 e. The van der Waals surface area contributed by atoms with Crippen LogP contribution in [0.15, 0.2) is 41.0 Å². The molecule has 1 atom stereocenters. The lowest BCUT2D eigenvalue weighted by molar-refractivity contribution is -0.122. The van der Waals surface area contributed by atoms with E-state index in [9.17, 15) is 4.79 Å². The molecule has 1 unspecified atom stereocenters. The lowest BCUT2D eigenvalue weighted by Gasteiger charge is -2.24. The number of hydrogen-bond acceptors (Lipinski definition) is 5. The van der Waals surface area contributed by atoms with Gasteiger partial charge in [0, 0.05) is 6.54 Å². The molecule has 0 aromatic carbocycles. The summed E-state index contributed by atoms with van der Waals surface area (Å²) in [5.41, 5.74) is 0.360. The van der Waals surface area contributed by atoms with Gasteiger partial charge in [-0.15, -0.1) is 0 Å². The maximum atomic E-state index is 12.4. The lowest BCUT2D eigenvalue weighted by atomic mass is 10.2. The van der Waals surface area contributed by atoms with Gasteiger partial charge in [-0.1, -0.05) is 6.07 Å². The number of pyridine rings is 1. The van der Waals surface area contributed by atoms with Crippen LogP contribution in [0.1, 0.15) is 24.3 Å². The summed E-state index contributed by atoms with van der Waals surface area (Å²) in [6.45, 7) is 1.14. The number of carbonyl (C=O) groups is 1. The van der Waals surface area contributed by atoms with Crippen LogP contribution in [0.2, 0.25) is 0 Å². The molecule has 1 aliphatic rings. The zero-order valence-corrected chi connectivity index (χ0v) is 12.0. The average molecular weight is 296 g/mol. The topological polar surface area (TPSA) is 82.2 Å². The second kappa shape index (κ2) is 6.31. The summed E-state index contributed by atoms with van der Waals surface area (Å²) in [7, 11) is 0. The first-order valence-corrected chi connectivity index (χ1v) is 7.22. The molecular formula is C16H16N4O2. The van der Waals surface area contributed by atoms with Crippen molar-refractivity contribution in [2.24, 2.45) is 0 Å². The number of rotatable bonds is 4. The van der Waals surface area contributed by atoms with Crippen molar-refractivity contribution >= 4 is 11.7 Å². The molecule has 112 valence electrons. The summed E-state index contributed by atoms with van der Waals surface area (Å²) < 4.78 is 5.21. The van der Waals surface area contributed by atoms with Crippen molar-refractivity contribution < 1.29 is 9.21 Å². The molecule has 1 saturated heterocycles. The second-order valence-electron chi connectivity index (χ2n) is 5.14. The summed E-state index contributed by atoms with van der Waals surface area (Å²) in [6.07, 6.45) is 3.29. The van der Waals surface area contributed by atoms with Gasteiger partial charge in [0.25, 0.3) is 0 Å². The molecule has 6 heteroatoms. The maximum Gasteiger partial charge on any atom is 0.243 e. The number of hydrogen-bond donors (Lipinski definition) is 1. The van der Waals surface area contributed by atoms with E-state index in [2.05, 4.69) is 10.3 Å². The molecule has 1 aliphatic heterocycles. The number of furan rings is 1. The van der Waals surface area contributed by atoms with E-state index in [4.69, 9.17) is 9.68 Å². The van der Waals surface area contributed by atoms with Gasteiger partial charge in [0.05, 0.1) is 12.8 Å². The van der Waals surface area contributed by atoms with E-state index in [0.717, 1.165) is 25.1 Å². The number of amides is 1. The number of aromatic nitrogens is 1. The standard InChI is InChI=1S/C16H16N4O2/c17-10-12-4-1-7-15(19-12)20-8-2-6-14(20)16(21)18-11-13-5-3-9-22-13/h1,3-5,7,9,14H,2,6,8,11H2,(H,18,21). The number of carbonyl (C=O) groups excluding carboxylic acids is 1. The third-order valence-electron chi connectivity index (χ3n) is 3.72. The fourth-order valence-corrected chi connectivity index (χ4v) is 2.66. The van der Waals surface area contributed by atoms with Gasteiger partial charge in [0.1, 0.15) is 29.4 Å². The molecule has 22 heavy (non-hydrogen) atoms. The number of nitrogens with one attached hydrogen (secondary N) is 1. The number of nitrogens with zero attached hydrogens (tertiary/aromatic N) is 3. The molecular weight excluding hydrogens is 280 g/mol. The highest BCUT2D eigenvalue weighted by atomic mass is 16.3. The minimum atomic E-state index is -0.253. The van der Waals surface area contributed by atoms with Gasteiger partial charge < -0.3 is 14.6 Å². The van der Waals surface area contributed by atoms with Crippen molar-refractivity contribution in [3.63, 3.8) is 0 Å². The van der Waals surface area contributed by atoms with Crippen LogP contribution in [-0.2, 0) is 11.3 Å². The Kier molecular flexibility index (Phi) is 4.05. The highest BCUT2D eigenvalue weighted by molar-refractivity contribution is 5.85. The Bertz CT molecular complexity index is 690. The lowest BCUT2D eigenvalue weighted by Crippen LogP contribution is -2.43. The first-order chi connectivity index (χ1) is 10.8. The summed E-state index contributed by atoms with van der Waals surface area (Å²) in [6, 6.07) is 10.7. The summed E-state index contributed by atoms with van der Waals surface area (Å²) in [4.78, 5) is 18.6. The predicted molar refractivity (Wildman–Crippen MR) is 79.9 cm³/mol. The van der Waals surface area contributed by atoms with Gasteiger partial charge in [-0.25, -0.2) is 4.98 Å². The SMILES string of the molecule is N#Cc1cccc(N2CCCC2C(=O)NCc2ccco2)n1. The summed E-state index contributed by atoms with van der Waals surface area (Å²) >= 11 is 0. The molecule has 2 aromatic rings. The zero-order chi connectivity index (χ0) is 15.4. The third-order valence-corrected chi connectivity index (χ3v) is 3.72. The highest BCUT2D eigenvalue weighted by Gasteiger charge is 2.31. The van der Waals surface area contributed by atoms with E-state index in [1.807, 2.05) is 23.1 Å². The van der Waals surface area contributed by atoms with Crippen molar-refractivity contribution in [1.82, 2.24) is 10.3 Å². The Hall–Kier alpha value is -2.81. The van der Waals surface area contributed by atoms with Crippen LogP contribution in [0.25, 0.3) is 0 Å². The Labute approximate surface area is 128 Å². The van der Waals surface area contributed by atoms with E-state index in [-0.39, 0.29) is 11.9 Å². The zero-order valence-electron chi connectivity index (χ0n) is 12.0. The van der Waals surface area contributed by atoms with Gasteiger partial charge in [-0.05, 0) is 37.1 Å². The smallest absolute Gasteiger partial charge is 0.243 e. The average Bonchev–Trinajstić information content (AvgIpc) is 3.24. The van der Waals surface area contributed by atoms with E-state index in [1.54, 1.807) is 24.5 Å². The van der Waals surface area contributed by atoms with Gasteiger partial charge in [-0.2, -0.15) is 5.26 Å². The summed E-state index contributed by atoms with van der Waals surface area (Å²) in [5, 5.41) is 11.8. The molecule has 0 radical (unpaired) electrons. The Morgan fingerprint density at radius 1 is 1.45 bits per heavy atom. The minimum absolute atomic E-state index is 0.0435. The second-order valence-corrected chi connectivity index (χ2v) is 5.14. The van der Waals surface area contributed by atoms with Gasteiger partial charge >= 0.3 is 0 Å². The van der Waals surface area contributed by atoms with E-state index >= 15 is 0 Å².